The fourth-order valence-corrected chi connectivity index (χ4v) is 1.89. The SMILES string of the molecule is NCCc1cccc(Cc2ccccc2)c1. The van der Waals surface area contributed by atoms with Crippen molar-refractivity contribution in [3.8, 4) is 0 Å². The van der Waals surface area contributed by atoms with Crippen molar-refractivity contribution < 1.29 is 0 Å². The largest absolute Gasteiger partial charge is 0.330 e. The zero-order valence-electron chi connectivity index (χ0n) is 9.39. The molecule has 0 saturated carbocycles. The third-order valence-electron chi connectivity index (χ3n) is 2.68. The summed E-state index contributed by atoms with van der Waals surface area (Å²) in [6.45, 7) is 0.717. The Bertz CT molecular complexity index is 434. The molecule has 2 aromatic carbocycles. The van der Waals surface area contributed by atoms with Crippen molar-refractivity contribution >= 4 is 0 Å². The predicted octanol–water partition coefficient (Wildman–Crippen LogP) is 2.78. The Balaban J connectivity index is 2.12. The fourth-order valence-electron chi connectivity index (χ4n) is 1.89. The zero-order chi connectivity index (χ0) is 11.2. The summed E-state index contributed by atoms with van der Waals surface area (Å²) in [5.41, 5.74) is 9.61. The summed E-state index contributed by atoms with van der Waals surface area (Å²) in [5.74, 6) is 0. The summed E-state index contributed by atoms with van der Waals surface area (Å²) in [6, 6.07) is 19.2. The summed E-state index contributed by atoms with van der Waals surface area (Å²) < 4.78 is 0. The Hall–Kier alpha value is -1.60. The maximum absolute atomic E-state index is 5.56. The van der Waals surface area contributed by atoms with Crippen LogP contribution in [0.4, 0.5) is 0 Å². The van der Waals surface area contributed by atoms with Crippen molar-refractivity contribution in [2.24, 2.45) is 5.73 Å². The van der Waals surface area contributed by atoms with Crippen LogP contribution < -0.4 is 5.73 Å². The lowest BCUT2D eigenvalue weighted by molar-refractivity contribution is 0.964. The van der Waals surface area contributed by atoms with Crippen LogP contribution in [0.1, 0.15) is 16.7 Å². The topological polar surface area (TPSA) is 26.0 Å². The smallest absolute Gasteiger partial charge is 0.00257 e. The van der Waals surface area contributed by atoms with Crippen LogP contribution in [-0.2, 0) is 12.8 Å². The maximum atomic E-state index is 5.56. The summed E-state index contributed by atoms with van der Waals surface area (Å²) in [5, 5.41) is 0. The monoisotopic (exact) mass is 211 g/mol. The molecule has 0 fully saturated rings. The summed E-state index contributed by atoms with van der Waals surface area (Å²) in [7, 11) is 0. The van der Waals surface area contributed by atoms with Gasteiger partial charge in [0, 0.05) is 0 Å². The van der Waals surface area contributed by atoms with Crippen molar-refractivity contribution in [3.63, 3.8) is 0 Å². The standard InChI is InChI=1S/C15H17N/c16-10-9-14-7-4-8-15(12-14)11-13-5-2-1-3-6-13/h1-8,12H,9-11,16H2. The quantitative estimate of drug-likeness (QED) is 0.826. The van der Waals surface area contributed by atoms with E-state index in [2.05, 4.69) is 48.5 Å². The van der Waals surface area contributed by atoms with Crippen molar-refractivity contribution in [3.05, 3.63) is 71.3 Å². The number of hydrogen-bond donors (Lipinski definition) is 1. The highest BCUT2D eigenvalue weighted by Crippen LogP contribution is 2.11. The van der Waals surface area contributed by atoms with Crippen LogP contribution in [0.2, 0.25) is 0 Å². The van der Waals surface area contributed by atoms with Crippen molar-refractivity contribution in [1.82, 2.24) is 0 Å². The van der Waals surface area contributed by atoms with Crippen LogP contribution in [0.25, 0.3) is 0 Å². The zero-order valence-corrected chi connectivity index (χ0v) is 9.39. The fraction of sp³-hybridized carbons (Fsp3) is 0.200. The van der Waals surface area contributed by atoms with Crippen LogP contribution in [0.3, 0.4) is 0 Å². The molecule has 2 rings (SSSR count). The van der Waals surface area contributed by atoms with Gasteiger partial charge in [0.15, 0.2) is 0 Å². The van der Waals surface area contributed by atoms with Gasteiger partial charge in [-0.25, -0.2) is 0 Å². The molecule has 0 bridgehead atoms. The molecular weight excluding hydrogens is 194 g/mol. The van der Waals surface area contributed by atoms with E-state index < -0.39 is 0 Å². The molecule has 16 heavy (non-hydrogen) atoms. The molecule has 0 heterocycles. The van der Waals surface area contributed by atoms with E-state index >= 15 is 0 Å². The van der Waals surface area contributed by atoms with E-state index in [1.165, 1.54) is 16.7 Å². The Labute approximate surface area is 96.9 Å². The lowest BCUT2D eigenvalue weighted by atomic mass is 10.0. The number of rotatable bonds is 4. The van der Waals surface area contributed by atoms with E-state index in [-0.39, 0.29) is 0 Å². The van der Waals surface area contributed by atoms with Gasteiger partial charge in [-0.2, -0.15) is 0 Å². The molecule has 0 aliphatic rings. The van der Waals surface area contributed by atoms with Gasteiger partial charge in [-0.1, -0.05) is 54.6 Å². The van der Waals surface area contributed by atoms with E-state index in [4.69, 9.17) is 5.73 Å². The van der Waals surface area contributed by atoms with Crippen LogP contribution in [0.5, 0.6) is 0 Å². The van der Waals surface area contributed by atoms with Gasteiger partial charge in [0.2, 0.25) is 0 Å². The third-order valence-corrected chi connectivity index (χ3v) is 2.68. The minimum absolute atomic E-state index is 0.717. The summed E-state index contributed by atoms with van der Waals surface area (Å²) >= 11 is 0. The summed E-state index contributed by atoms with van der Waals surface area (Å²) in [6.07, 6.45) is 1.96. The van der Waals surface area contributed by atoms with Crippen molar-refractivity contribution in [2.75, 3.05) is 6.54 Å². The molecule has 0 saturated heterocycles. The van der Waals surface area contributed by atoms with Gasteiger partial charge in [-0.15, -0.1) is 0 Å². The van der Waals surface area contributed by atoms with Crippen LogP contribution in [0, 0.1) is 0 Å². The lowest BCUT2D eigenvalue weighted by Gasteiger charge is -2.04. The highest BCUT2D eigenvalue weighted by molar-refractivity contribution is 5.29. The Morgan fingerprint density at radius 3 is 2.19 bits per heavy atom. The van der Waals surface area contributed by atoms with Crippen LogP contribution >= 0.6 is 0 Å². The molecule has 0 spiro atoms. The molecule has 2 aromatic rings. The molecule has 82 valence electrons. The molecule has 0 aliphatic heterocycles. The lowest BCUT2D eigenvalue weighted by Crippen LogP contribution is -2.02. The minimum Gasteiger partial charge on any atom is -0.330 e. The molecular formula is C15H17N. The molecule has 0 unspecified atom stereocenters. The molecule has 0 aliphatic carbocycles. The second kappa shape index (κ2) is 5.47. The van der Waals surface area contributed by atoms with Gasteiger partial charge < -0.3 is 5.73 Å². The second-order valence-electron chi connectivity index (χ2n) is 4.02. The normalized spacial score (nSPS) is 10.3. The Kier molecular flexibility index (Phi) is 3.73. The van der Waals surface area contributed by atoms with Crippen LogP contribution in [-0.4, -0.2) is 6.54 Å². The van der Waals surface area contributed by atoms with Gasteiger partial charge in [-0.05, 0) is 36.1 Å². The first kappa shape index (κ1) is 10.9. The van der Waals surface area contributed by atoms with Gasteiger partial charge in [0.05, 0.1) is 0 Å². The predicted molar refractivity (Wildman–Crippen MR) is 68.4 cm³/mol. The Morgan fingerprint density at radius 2 is 1.44 bits per heavy atom. The maximum Gasteiger partial charge on any atom is -0.00257 e. The third kappa shape index (κ3) is 2.94. The van der Waals surface area contributed by atoms with Gasteiger partial charge in [-0.3, -0.25) is 0 Å². The van der Waals surface area contributed by atoms with E-state index in [0.717, 1.165) is 19.4 Å². The molecule has 0 aromatic heterocycles. The molecule has 0 radical (unpaired) electrons. The first-order valence-electron chi connectivity index (χ1n) is 5.70. The number of benzene rings is 2. The molecule has 1 heteroatoms. The van der Waals surface area contributed by atoms with E-state index in [1.807, 2.05) is 6.07 Å². The van der Waals surface area contributed by atoms with Gasteiger partial charge >= 0.3 is 0 Å². The first-order chi connectivity index (χ1) is 7.88. The molecule has 2 N–H and O–H groups in total. The van der Waals surface area contributed by atoms with Gasteiger partial charge in [0.1, 0.15) is 0 Å². The van der Waals surface area contributed by atoms with E-state index in [1.54, 1.807) is 0 Å². The molecule has 1 nitrogen and oxygen atoms in total. The van der Waals surface area contributed by atoms with E-state index in [0.29, 0.717) is 0 Å². The second-order valence-corrected chi connectivity index (χ2v) is 4.02. The molecule has 0 atom stereocenters. The minimum atomic E-state index is 0.717. The highest BCUT2D eigenvalue weighted by atomic mass is 14.5. The van der Waals surface area contributed by atoms with Gasteiger partial charge in [0.25, 0.3) is 0 Å². The highest BCUT2D eigenvalue weighted by Gasteiger charge is 1.97. The van der Waals surface area contributed by atoms with Crippen LogP contribution in [0.15, 0.2) is 54.6 Å². The van der Waals surface area contributed by atoms with Crippen molar-refractivity contribution in [1.29, 1.82) is 0 Å². The van der Waals surface area contributed by atoms with Crippen molar-refractivity contribution in [2.45, 2.75) is 12.8 Å². The average Bonchev–Trinajstić information content (AvgIpc) is 2.31. The number of nitrogens with two attached hydrogens (primary N) is 1. The Morgan fingerprint density at radius 1 is 0.750 bits per heavy atom. The van der Waals surface area contributed by atoms with E-state index in [9.17, 15) is 0 Å². The molecule has 0 amide bonds. The first-order valence-corrected chi connectivity index (χ1v) is 5.70. The summed E-state index contributed by atoms with van der Waals surface area (Å²) in [4.78, 5) is 0. The number of hydrogen-bond acceptors (Lipinski definition) is 1. The average molecular weight is 211 g/mol.